The number of carbonyl (C=O) groups is 1. The second-order valence-corrected chi connectivity index (χ2v) is 9.06. The summed E-state index contributed by atoms with van der Waals surface area (Å²) in [5.41, 5.74) is 1.84. The number of hydrogen-bond acceptors (Lipinski definition) is 6. The van der Waals surface area contributed by atoms with Crippen LogP contribution in [0, 0.1) is 0 Å². The number of anilines is 1. The lowest BCUT2D eigenvalue weighted by Crippen LogP contribution is -2.44. The maximum atomic E-state index is 12.6. The highest BCUT2D eigenvalue weighted by atomic mass is 32.1. The van der Waals surface area contributed by atoms with Crippen LogP contribution in [0.15, 0.2) is 35.7 Å². The van der Waals surface area contributed by atoms with Gasteiger partial charge in [0.1, 0.15) is 5.69 Å². The van der Waals surface area contributed by atoms with E-state index in [-0.39, 0.29) is 18.1 Å². The van der Waals surface area contributed by atoms with Crippen molar-refractivity contribution in [2.45, 2.75) is 63.3 Å². The van der Waals surface area contributed by atoms with Crippen LogP contribution < -0.4 is 10.6 Å². The van der Waals surface area contributed by atoms with Gasteiger partial charge < -0.3 is 15.7 Å². The van der Waals surface area contributed by atoms with Crippen LogP contribution in [0.1, 0.15) is 54.6 Å². The van der Waals surface area contributed by atoms with Crippen molar-refractivity contribution < 1.29 is 9.90 Å². The number of aromatic nitrogens is 1. The number of rotatable bonds is 6. The van der Waals surface area contributed by atoms with Gasteiger partial charge in [0.15, 0.2) is 5.13 Å². The summed E-state index contributed by atoms with van der Waals surface area (Å²) in [5, 5.41) is 18.8. The van der Waals surface area contributed by atoms with Gasteiger partial charge in [-0.05, 0) is 44.1 Å². The van der Waals surface area contributed by atoms with E-state index in [1.807, 2.05) is 11.4 Å². The van der Waals surface area contributed by atoms with Crippen molar-refractivity contribution in [3.05, 3.63) is 47.0 Å². The molecule has 1 aromatic heterocycles. The average molecular weight is 415 g/mol. The zero-order chi connectivity index (χ0) is 20.1. The second kappa shape index (κ2) is 9.69. The number of piperidine rings is 1. The fraction of sp³-hybridized carbons (Fsp3) is 0.545. The molecule has 6 nitrogen and oxygen atoms in total. The second-order valence-electron chi connectivity index (χ2n) is 8.20. The number of aliphatic hydroxyl groups is 1. The Labute approximate surface area is 176 Å². The number of aliphatic hydroxyl groups excluding tert-OH is 1. The van der Waals surface area contributed by atoms with Gasteiger partial charge in [0.2, 0.25) is 0 Å². The predicted octanol–water partition coefficient (Wildman–Crippen LogP) is 3.25. The third-order valence-electron chi connectivity index (χ3n) is 5.93. The summed E-state index contributed by atoms with van der Waals surface area (Å²) in [6, 6.07) is 11.1. The van der Waals surface area contributed by atoms with Crippen molar-refractivity contribution in [3.8, 4) is 0 Å². The molecule has 1 aliphatic heterocycles. The first-order chi connectivity index (χ1) is 14.2. The Morgan fingerprint density at radius 2 is 1.79 bits per heavy atom. The minimum absolute atomic E-state index is 0.0742. The van der Waals surface area contributed by atoms with E-state index in [9.17, 15) is 9.90 Å². The fourth-order valence-electron chi connectivity index (χ4n) is 4.18. The lowest BCUT2D eigenvalue weighted by atomic mass is 9.93. The highest BCUT2D eigenvalue weighted by Crippen LogP contribution is 2.24. The van der Waals surface area contributed by atoms with Gasteiger partial charge in [-0.2, -0.15) is 0 Å². The van der Waals surface area contributed by atoms with Crippen LogP contribution in [0.5, 0.6) is 0 Å². The molecular weight excluding hydrogens is 384 g/mol. The molecule has 2 aromatic rings. The van der Waals surface area contributed by atoms with Gasteiger partial charge in [-0.25, -0.2) is 4.98 Å². The molecular formula is C22H30N4O2S. The minimum atomic E-state index is -0.162. The Balaban J connectivity index is 1.21. The maximum absolute atomic E-state index is 12.6. The number of thiazole rings is 1. The molecule has 7 heteroatoms. The topological polar surface area (TPSA) is 77.5 Å². The Morgan fingerprint density at radius 1 is 1.07 bits per heavy atom. The third kappa shape index (κ3) is 5.78. The summed E-state index contributed by atoms with van der Waals surface area (Å²) in [4.78, 5) is 19.5. The van der Waals surface area contributed by atoms with E-state index in [2.05, 4.69) is 44.8 Å². The lowest BCUT2D eigenvalue weighted by molar-refractivity contribution is 0.0904. The molecule has 0 radical (unpaired) electrons. The van der Waals surface area contributed by atoms with Crippen molar-refractivity contribution in [1.29, 1.82) is 0 Å². The molecule has 4 rings (SSSR count). The van der Waals surface area contributed by atoms with Gasteiger partial charge in [0.05, 0.1) is 6.10 Å². The van der Waals surface area contributed by atoms with Gasteiger partial charge in [0.25, 0.3) is 5.91 Å². The molecule has 1 saturated carbocycles. The van der Waals surface area contributed by atoms with Crippen molar-refractivity contribution in [3.63, 3.8) is 0 Å². The number of likely N-dealkylation sites (tertiary alicyclic amines) is 1. The van der Waals surface area contributed by atoms with E-state index in [4.69, 9.17) is 0 Å². The number of nitrogens with zero attached hydrogens (tertiary/aromatic N) is 2. The smallest absolute Gasteiger partial charge is 0.271 e. The van der Waals surface area contributed by atoms with Crippen LogP contribution in [0.2, 0.25) is 0 Å². The van der Waals surface area contributed by atoms with Gasteiger partial charge in [0, 0.05) is 37.1 Å². The normalized spacial score (nSPS) is 23.6. The van der Waals surface area contributed by atoms with Gasteiger partial charge in [-0.1, -0.05) is 30.3 Å². The standard InChI is InChI=1S/C22H30N4O2S/c27-19-8-6-17(7-9-19)24-22-25-20(15-29-22)21(28)23-18-10-12-26(13-11-18)14-16-4-2-1-3-5-16/h1-5,15,17-19,27H,6-14H2,(H,23,28)(H,24,25). The maximum Gasteiger partial charge on any atom is 0.271 e. The van der Waals surface area contributed by atoms with Gasteiger partial charge >= 0.3 is 0 Å². The molecule has 2 heterocycles. The molecule has 0 spiro atoms. The van der Waals surface area contributed by atoms with E-state index >= 15 is 0 Å². The summed E-state index contributed by atoms with van der Waals surface area (Å²) in [6.45, 7) is 2.97. The van der Waals surface area contributed by atoms with E-state index in [1.54, 1.807) is 0 Å². The van der Waals surface area contributed by atoms with Crippen molar-refractivity contribution in [2.24, 2.45) is 0 Å². The molecule has 29 heavy (non-hydrogen) atoms. The number of carbonyl (C=O) groups excluding carboxylic acids is 1. The summed E-state index contributed by atoms with van der Waals surface area (Å²) in [5.74, 6) is -0.0742. The van der Waals surface area contributed by atoms with Gasteiger partial charge in [-0.3, -0.25) is 9.69 Å². The fourth-order valence-corrected chi connectivity index (χ4v) is 4.94. The van der Waals surface area contributed by atoms with E-state index in [0.717, 1.165) is 63.3 Å². The van der Waals surface area contributed by atoms with E-state index in [0.29, 0.717) is 11.7 Å². The summed E-state index contributed by atoms with van der Waals surface area (Å²) >= 11 is 1.48. The molecule has 3 N–H and O–H groups in total. The van der Waals surface area contributed by atoms with Gasteiger partial charge in [-0.15, -0.1) is 11.3 Å². The molecule has 2 fully saturated rings. The molecule has 1 aliphatic carbocycles. The van der Waals surface area contributed by atoms with Crippen LogP contribution in [0.25, 0.3) is 0 Å². The molecule has 1 saturated heterocycles. The lowest BCUT2D eigenvalue weighted by Gasteiger charge is -2.32. The molecule has 0 bridgehead atoms. The summed E-state index contributed by atoms with van der Waals surface area (Å²) in [7, 11) is 0. The molecule has 2 aliphatic rings. The molecule has 1 amide bonds. The number of amides is 1. The Kier molecular flexibility index (Phi) is 6.79. The number of nitrogens with one attached hydrogen (secondary N) is 2. The van der Waals surface area contributed by atoms with E-state index in [1.165, 1.54) is 16.9 Å². The van der Waals surface area contributed by atoms with Crippen molar-refractivity contribution >= 4 is 22.4 Å². The monoisotopic (exact) mass is 414 g/mol. The zero-order valence-electron chi connectivity index (χ0n) is 16.7. The SMILES string of the molecule is O=C(NC1CCN(Cc2ccccc2)CC1)c1csc(NC2CCC(O)CC2)n1. The van der Waals surface area contributed by atoms with Crippen molar-refractivity contribution in [1.82, 2.24) is 15.2 Å². The number of benzene rings is 1. The average Bonchev–Trinajstić information content (AvgIpc) is 3.21. The molecule has 0 atom stereocenters. The van der Waals surface area contributed by atoms with E-state index < -0.39 is 0 Å². The van der Waals surface area contributed by atoms with Crippen molar-refractivity contribution in [2.75, 3.05) is 18.4 Å². The molecule has 1 aromatic carbocycles. The third-order valence-corrected chi connectivity index (χ3v) is 6.71. The van der Waals surface area contributed by atoms with Crippen LogP contribution >= 0.6 is 11.3 Å². The van der Waals surface area contributed by atoms with Crippen LogP contribution in [-0.2, 0) is 6.54 Å². The quantitative estimate of drug-likeness (QED) is 0.676. The first kappa shape index (κ1) is 20.3. The molecule has 156 valence electrons. The highest BCUT2D eigenvalue weighted by Gasteiger charge is 2.23. The Hall–Kier alpha value is -1.96. The Morgan fingerprint density at radius 3 is 2.52 bits per heavy atom. The predicted molar refractivity (Wildman–Crippen MR) is 116 cm³/mol. The first-order valence-electron chi connectivity index (χ1n) is 10.6. The first-order valence-corrected chi connectivity index (χ1v) is 11.5. The summed E-state index contributed by atoms with van der Waals surface area (Å²) < 4.78 is 0. The highest BCUT2D eigenvalue weighted by molar-refractivity contribution is 7.13. The largest absolute Gasteiger partial charge is 0.393 e. The van der Waals surface area contributed by atoms with Crippen LogP contribution in [0.3, 0.4) is 0 Å². The number of hydrogen-bond donors (Lipinski definition) is 3. The van der Waals surface area contributed by atoms with Crippen LogP contribution in [0.4, 0.5) is 5.13 Å². The zero-order valence-corrected chi connectivity index (χ0v) is 17.5. The minimum Gasteiger partial charge on any atom is -0.393 e. The van der Waals surface area contributed by atoms with Crippen LogP contribution in [-0.4, -0.2) is 52.2 Å². The molecule has 0 unspecified atom stereocenters. The Bertz CT molecular complexity index is 781. The summed E-state index contributed by atoms with van der Waals surface area (Å²) in [6.07, 6.45) is 5.34.